The first-order valence-electron chi connectivity index (χ1n) is 8.03. The third kappa shape index (κ3) is 5.00. The second kappa shape index (κ2) is 9.72. The van der Waals surface area contributed by atoms with Crippen molar-refractivity contribution in [1.29, 1.82) is 0 Å². The van der Waals surface area contributed by atoms with E-state index in [1.54, 1.807) is 11.8 Å². The number of hydrogen-bond donors (Lipinski definition) is 2. The van der Waals surface area contributed by atoms with Crippen LogP contribution in [-0.2, 0) is 4.79 Å². The smallest absolute Gasteiger partial charge is 0.238 e. The van der Waals surface area contributed by atoms with Crippen LogP contribution in [0.15, 0.2) is 60.7 Å². The van der Waals surface area contributed by atoms with E-state index in [2.05, 4.69) is 59.2 Å². The summed E-state index contributed by atoms with van der Waals surface area (Å²) in [5, 5.41) is 6.29. The number of carbonyl (C=O) groups excluding carboxylic acids is 1. The lowest BCUT2D eigenvalue weighted by molar-refractivity contribution is -0.122. The maximum Gasteiger partial charge on any atom is 0.238 e. The summed E-state index contributed by atoms with van der Waals surface area (Å²) in [6, 6.07) is 21.0. The SMILES string of the molecule is Cl.O=C(NCCC(c1ccccc1)c1ccccc1)C1CSCN1. The molecule has 128 valence electrons. The number of thioether (sulfide) groups is 1. The van der Waals surface area contributed by atoms with Gasteiger partial charge in [0.05, 0.1) is 6.04 Å². The molecule has 0 radical (unpaired) electrons. The zero-order chi connectivity index (χ0) is 15.9. The number of benzene rings is 2. The van der Waals surface area contributed by atoms with Gasteiger partial charge in [-0.1, -0.05) is 60.7 Å². The average molecular weight is 363 g/mol. The maximum atomic E-state index is 12.1. The predicted molar refractivity (Wildman–Crippen MR) is 104 cm³/mol. The number of carbonyl (C=O) groups is 1. The summed E-state index contributed by atoms with van der Waals surface area (Å²) in [5.41, 5.74) is 2.59. The van der Waals surface area contributed by atoms with Crippen LogP contribution in [0.2, 0.25) is 0 Å². The molecule has 1 atom stereocenters. The molecule has 1 fully saturated rings. The minimum atomic E-state index is -0.0353. The summed E-state index contributed by atoms with van der Waals surface area (Å²) in [7, 11) is 0. The van der Waals surface area contributed by atoms with E-state index in [1.807, 2.05) is 12.1 Å². The van der Waals surface area contributed by atoms with Crippen LogP contribution in [0.3, 0.4) is 0 Å². The lowest BCUT2D eigenvalue weighted by atomic mass is 9.88. The van der Waals surface area contributed by atoms with Crippen molar-refractivity contribution >= 4 is 30.1 Å². The number of hydrogen-bond acceptors (Lipinski definition) is 3. The first-order valence-corrected chi connectivity index (χ1v) is 9.19. The van der Waals surface area contributed by atoms with Gasteiger partial charge in [-0.15, -0.1) is 24.2 Å². The second-order valence-corrected chi connectivity index (χ2v) is 6.76. The van der Waals surface area contributed by atoms with Gasteiger partial charge in [0.1, 0.15) is 0 Å². The topological polar surface area (TPSA) is 41.1 Å². The fourth-order valence-electron chi connectivity index (χ4n) is 2.92. The van der Waals surface area contributed by atoms with E-state index in [9.17, 15) is 4.79 Å². The minimum Gasteiger partial charge on any atom is -0.355 e. The third-order valence-electron chi connectivity index (χ3n) is 4.17. The Morgan fingerprint density at radius 3 is 2.17 bits per heavy atom. The van der Waals surface area contributed by atoms with Gasteiger partial charge in [0.25, 0.3) is 0 Å². The van der Waals surface area contributed by atoms with Crippen molar-refractivity contribution in [3.63, 3.8) is 0 Å². The Balaban J connectivity index is 0.00000208. The number of halogens is 1. The maximum absolute atomic E-state index is 12.1. The Morgan fingerprint density at radius 2 is 1.67 bits per heavy atom. The van der Waals surface area contributed by atoms with Crippen LogP contribution in [0.4, 0.5) is 0 Å². The van der Waals surface area contributed by atoms with Gasteiger partial charge in [0, 0.05) is 24.1 Å². The summed E-state index contributed by atoms with van der Waals surface area (Å²) in [6.45, 7) is 0.691. The highest BCUT2D eigenvalue weighted by atomic mass is 35.5. The standard InChI is InChI=1S/C19H22N2OS.ClH/c22-19(18-13-23-14-21-18)20-12-11-17(15-7-3-1-4-8-15)16-9-5-2-6-10-16;/h1-10,17-18,21H,11-14H2,(H,20,22);1H. The fourth-order valence-corrected chi connectivity index (χ4v) is 3.86. The van der Waals surface area contributed by atoms with E-state index in [0.717, 1.165) is 18.1 Å². The monoisotopic (exact) mass is 362 g/mol. The van der Waals surface area contributed by atoms with Gasteiger partial charge in [-0.05, 0) is 17.5 Å². The van der Waals surface area contributed by atoms with Crippen LogP contribution < -0.4 is 10.6 Å². The fraction of sp³-hybridized carbons (Fsp3) is 0.316. The van der Waals surface area contributed by atoms with E-state index in [-0.39, 0.29) is 24.4 Å². The van der Waals surface area contributed by atoms with Crippen LogP contribution >= 0.6 is 24.2 Å². The van der Waals surface area contributed by atoms with Crippen molar-refractivity contribution in [1.82, 2.24) is 10.6 Å². The molecule has 1 unspecified atom stereocenters. The van der Waals surface area contributed by atoms with E-state index < -0.39 is 0 Å². The molecule has 2 N–H and O–H groups in total. The van der Waals surface area contributed by atoms with E-state index in [4.69, 9.17) is 0 Å². The molecule has 2 aromatic rings. The summed E-state index contributed by atoms with van der Waals surface area (Å²) in [5.74, 6) is 2.17. The number of amides is 1. The molecule has 5 heteroatoms. The van der Waals surface area contributed by atoms with Crippen molar-refractivity contribution < 1.29 is 4.79 Å². The van der Waals surface area contributed by atoms with Crippen LogP contribution in [0.1, 0.15) is 23.5 Å². The summed E-state index contributed by atoms with van der Waals surface area (Å²) in [4.78, 5) is 12.1. The second-order valence-electron chi connectivity index (χ2n) is 5.73. The average Bonchev–Trinajstić information content (AvgIpc) is 3.15. The first-order chi connectivity index (χ1) is 11.3. The van der Waals surface area contributed by atoms with Gasteiger partial charge in [0.15, 0.2) is 0 Å². The zero-order valence-electron chi connectivity index (χ0n) is 13.5. The Morgan fingerprint density at radius 1 is 1.08 bits per heavy atom. The predicted octanol–water partition coefficient (Wildman–Crippen LogP) is 3.41. The van der Waals surface area contributed by atoms with Gasteiger partial charge in [-0.2, -0.15) is 0 Å². The minimum absolute atomic E-state index is 0. The Kier molecular flexibility index (Phi) is 7.63. The van der Waals surface area contributed by atoms with Gasteiger partial charge >= 0.3 is 0 Å². The highest BCUT2D eigenvalue weighted by Crippen LogP contribution is 2.27. The quantitative estimate of drug-likeness (QED) is 0.827. The highest BCUT2D eigenvalue weighted by molar-refractivity contribution is 7.99. The molecular weight excluding hydrogens is 340 g/mol. The zero-order valence-corrected chi connectivity index (χ0v) is 15.1. The van der Waals surface area contributed by atoms with Crippen molar-refractivity contribution in [3.8, 4) is 0 Å². The Labute approximate surface area is 154 Å². The van der Waals surface area contributed by atoms with Gasteiger partial charge in [0.2, 0.25) is 5.91 Å². The van der Waals surface area contributed by atoms with Gasteiger partial charge < -0.3 is 5.32 Å². The third-order valence-corrected chi connectivity index (χ3v) is 5.11. The lowest BCUT2D eigenvalue weighted by Crippen LogP contribution is -2.42. The largest absolute Gasteiger partial charge is 0.355 e. The molecule has 0 spiro atoms. The molecule has 1 aliphatic rings. The van der Waals surface area contributed by atoms with Gasteiger partial charge in [-0.25, -0.2) is 0 Å². The van der Waals surface area contributed by atoms with Crippen LogP contribution in [0.5, 0.6) is 0 Å². The van der Waals surface area contributed by atoms with Gasteiger partial charge in [-0.3, -0.25) is 10.1 Å². The molecule has 3 rings (SSSR count). The van der Waals surface area contributed by atoms with E-state index in [1.165, 1.54) is 11.1 Å². The molecule has 0 aliphatic carbocycles. The van der Waals surface area contributed by atoms with Crippen molar-refractivity contribution in [2.24, 2.45) is 0 Å². The molecule has 1 aliphatic heterocycles. The molecule has 24 heavy (non-hydrogen) atoms. The number of rotatable bonds is 6. The summed E-state index contributed by atoms with van der Waals surface area (Å²) in [6.07, 6.45) is 0.902. The van der Waals surface area contributed by atoms with Crippen LogP contribution in [-0.4, -0.2) is 30.1 Å². The Hall–Kier alpha value is -1.49. The summed E-state index contributed by atoms with van der Waals surface area (Å²) >= 11 is 1.77. The molecule has 0 bridgehead atoms. The van der Waals surface area contributed by atoms with Crippen molar-refractivity contribution in [2.45, 2.75) is 18.4 Å². The molecule has 2 aromatic carbocycles. The molecule has 1 amide bonds. The first kappa shape index (κ1) is 18.8. The molecule has 1 saturated heterocycles. The number of nitrogens with one attached hydrogen (secondary N) is 2. The molecule has 3 nitrogen and oxygen atoms in total. The Bertz CT molecular complexity index is 578. The van der Waals surface area contributed by atoms with E-state index >= 15 is 0 Å². The molecule has 0 saturated carbocycles. The lowest BCUT2D eigenvalue weighted by Gasteiger charge is -2.19. The normalized spacial score (nSPS) is 16.6. The van der Waals surface area contributed by atoms with Crippen molar-refractivity contribution in [2.75, 3.05) is 18.2 Å². The molecule has 0 aromatic heterocycles. The van der Waals surface area contributed by atoms with Crippen molar-refractivity contribution in [3.05, 3.63) is 71.8 Å². The highest BCUT2D eigenvalue weighted by Gasteiger charge is 2.22. The molecule has 1 heterocycles. The summed E-state index contributed by atoms with van der Waals surface area (Å²) < 4.78 is 0. The van der Waals surface area contributed by atoms with Crippen LogP contribution in [0.25, 0.3) is 0 Å². The van der Waals surface area contributed by atoms with E-state index in [0.29, 0.717) is 12.5 Å². The molecular formula is C19H23ClN2OS. The van der Waals surface area contributed by atoms with Crippen LogP contribution in [0, 0.1) is 0 Å².